The lowest BCUT2D eigenvalue weighted by atomic mass is 10.1. The number of benzene rings is 1. The zero-order valence-corrected chi connectivity index (χ0v) is 12.3. The van der Waals surface area contributed by atoms with Gasteiger partial charge in [-0.1, -0.05) is 22.8 Å². The van der Waals surface area contributed by atoms with Crippen LogP contribution in [0.15, 0.2) is 40.9 Å². The van der Waals surface area contributed by atoms with Crippen molar-refractivity contribution in [3.8, 4) is 11.5 Å². The molecule has 0 saturated heterocycles. The molecule has 0 aliphatic carbocycles. The van der Waals surface area contributed by atoms with Crippen LogP contribution in [-0.2, 0) is 6.54 Å². The van der Waals surface area contributed by atoms with Crippen molar-refractivity contribution >= 4 is 11.9 Å². The van der Waals surface area contributed by atoms with Crippen molar-refractivity contribution in [3.63, 3.8) is 0 Å². The van der Waals surface area contributed by atoms with Gasteiger partial charge >= 0.3 is 6.01 Å². The Labute approximate surface area is 127 Å². The van der Waals surface area contributed by atoms with Gasteiger partial charge in [0.25, 0.3) is 5.91 Å². The third kappa shape index (κ3) is 2.88. The normalized spacial score (nSPS) is 10.6. The van der Waals surface area contributed by atoms with Crippen LogP contribution in [0, 0.1) is 6.92 Å². The Hall–Kier alpha value is -2.96. The number of carbonyl (C=O) groups is 1. The number of anilines is 1. The van der Waals surface area contributed by atoms with Gasteiger partial charge in [-0.25, -0.2) is 0 Å². The third-order valence-corrected chi connectivity index (χ3v) is 3.14. The highest BCUT2D eigenvalue weighted by Gasteiger charge is 2.14. The Balaban J connectivity index is 1.73. The van der Waals surface area contributed by atoms with Crippen molar-refractivity contribution in [2.24, 2.45) is 0 Å². The maximum absolute atomic E-state index is 12.0. The van der Waals surface area contributed by atoms with Crippen LogP contribution in [0.3, 0.4) is 0 Å². The number of carbonyl (C=O) groups excluding carboxylic acids is 1. The molecule has 0 saturated carbocycles. The van der Waals surface area contributed by atoms with E-state index in [0.717, 1.165) is 11.1 Å². The van der Waals surface area contributed by atoms with Crippen LogP contribution in [0.2, 0.25) is 0 Å². The van der Waals surface area contributed by atoms with E-state index >= 15 is 0 Å². The summed E-state index contributed by atoms with van der Waals surface area (Å²) < 4.78 is 7.11. The van der Waals surface area contributed by atoms with Crippen LogP contribution in [0.5, 0.6) is 0 Å². The van der Waals surface area contributed by atoms with Crippen molar-refractivity contribution in [1.82, 2.24) is 20.0 Å². The topological polar surface area (TPSA) is 85.8 Å². The molecule has 7 heteroatoms. The van der Waals surface area contributed by atoms with Gasteiger partial charge in [-0.15, -0.1) is 5.10 Å². The van der Waals surface area contributed by atoms with Gasteiger partial charge in [0.15, 0.2) is 5.69 Å². The summed E-state index contributed by atoms with van der Waals surface area (Å²) in [6.45, 7) is 4.64. The minimum absolute atomic E-state index is 0.0478. The highest BCUT2D eigenvalue weighted by atomic mass is 16.4. The second kappa shape index (κ2) is 5.80. The van der Waals surface area contributed by atoms with Crippen LogP contribution < -0.4 is 5.32 Å². The number of nitrogens with one attached hydrogen (secondary N) is 1. The van der Waals surface area contributed by atoms with Gasteiger partial charge in [-0.2, -0.15) is 5.10 Å². The molecule has 0 aliphatic heterocycles. The molecular formula is C15H15N5O2. The molecule has 112 valence electrons. The maximum atomic E-state index is 12.0. The zero-order chi connectivity index (χ0) is 15.5. The molecule has 0 bridgehead atoms. The lowest BCUT2D eigenvalue weighted by Crippen LogP contribution is -2.13. The minimum Gasteiger partial charge on any atom is -0.403 e. The minimum atomic E-state index is -0.383. The number of hydrogen-bond acceptors (Lipinski definition) is 5. The quantitative estimate of drug-likeness (QED) is 0.799. The first-order valence-corrected chi connectivity index (χ1v) is 6.91. The van der Waals surface area contributed by atoms with E-state index in [4.69, 9.17) is 4.42 Å². The smallest absolute Gasteiger partial charge is 0.322 e. The molecule has 1 aromatic carbocycles. The van der Waals surface area contributed by atoms with Crippen LogP contribution in [0.1, 0.15) is 23.0 Å². The molecule has 7 nitrogen and oxygen atoms in total. The summed E-state index contributed by atoms with van der Waals surface area (Å²) in [7, 11) is 0. The number of amides is 1. The summed E-state index contributed by atoms with van der Waals surface area (Å²) in [6, 6.07) is 9.36. The van der Waals surface area contributed by atoms with Gasteiger partial charge in [0, 0.05) is 18.3 Å². The largest absolute Gasteiger partial charge is 0.403 e. The summed E-state index contributed by atoms with van der Waals surface area (Å²) in [5.41, 5.74) is 2.24. The monoisotopic (exact) mass is 297 g/mol. The van der Waals surface area contributed by atoms with E-state index in [1.807, 2.05) is 38.1 Å². The van der Waals surface area contributed by atoms with E-state index in [-0.39, 0.29) is 11.9 Å². The molecule has 2 heterocycles. The molecule has 2 aromatic heterocycles. The highest BCUT2D eigenvalue weighted by Crippen LogP contribution is 2.20. The van der Waals surface area contributed by atoms with Crippen LogP contribution in [-0.4, -0.2) is 25.9 Å². The number of hydrogen-bond donors (Lipinski definition) is 1. The van der Waals surface area contributed by atoms with E-state index in [1.165, 1.54) is 0 Å². The molecular weight excluding hydrogens is 282 g/mol. The molecule has 0 spiro atoms. The first-order chi connectivity index (χ1) is 10.7. The van der Waals surface area contributed by atoms with Gasteiger partial charge in [-0.05, 0) is 32.0 Å². The first kappa shape index (κ1) is 14.0. The van der Waals surface area contributed by atoms with Crippen molar-refractivity contribution in [2.45, 2.75) is 20.4 Å². The zero-order valence-electron chi connectivity index (χ0n) is 12.3. The van der Waals surface area contributed by atoms with Gasteiger partial charge in [0.05, 0.1) is 0 Å². The predicted octanol–water partition coefficient (Wildman–Crippen LogP) is 2.51. The fourth-order valence-corrected chi connectivity index (χ4v) is 1.91. The van der Waals surface area contributed by atoms with Crippen LogP contribution in [0.4, 0.5) is 6.01 Å². The summed E-state index contributed by atoms with van der Waals surface area (Å²) >= 11 is 0. The van der Waals surface area contributed by atoms with E-state index in [2.05, 4.69) is 20.6 Å². The average molecular weight is 297 g/mol. The van der Waals surface area contributed by atoms with Gasteiger partial charge in [0.1, 0.15) is 0 Å². The number of aryl methyl sites for hydroxylation is 2. The van der Waals surface area contributed by atoms with E-state index in [1.54, 1.807) is 16.9 Å². The molecule has 1 N–H and O–H groups in total. The number of nitrogens with zero attached hydrogens (tertiary/aromatic N) is 4. The molecule has 3 aromatic rings. The van der Waals surface area contributed by atoms with E-state index in [9.17, 15) is 4.79 Å². The lowest BCUT2D eigenvalue weighted by molar-refractivity contribution is 0.101. The Morgan fingerprint density at radius 3 is 2.68 bits per heavy atom. The van der Waals surface area contributed by atoms with Gasteiger partial charge < -0.3 is 4.42 Å². The van der Waals surface area contributed by atoms with Crippen LogP contribution in [0.25, 0.3) is 11.5 Å². The number of aromatic nitrogens is 4. The van der Waals surface area contributed by atoms with E-state index < -0.39 is 0 Å². The van der Waals surface area contributed by atoms with Gasteiger partial charge in [-0.3, -0.25) is 14.8 Å². The Kier molecular flexibility index (Phi) is 3.69. The van der Waals surface area contributed by atoms with Crippen molar-refractivity contribution < 1.29 is 9.21 Å². The Morgan fingerprint density at radius 1 is 1.23 bits per heavy atom. The molecule has 22 heavy (non-hydrogen) atoms. The standard InChI is InChI=1S/C15H15N5O2/c1-3-20-9-8-12(19-20)13(21)16-15-18-17-14(22-15)11-6-4-10(2)5-7-11/h4-9H,3H2,1-2H3,(H,16,18,21). The SMILES string of the molecule is CCn1ccc(C(=O)Nc2nnc(-c3ccc(C)cc3)o2)n1. The summed E-state index contributed by atoms with van der Waals surface area (Å²) in [4.78, 5) is 12.0. The predicted molar refractivity (Wildman–Crippen MR) is 80.3 cm³/mol. The average Bonchev–Trinajstić information content (AvgIpc) is 3.17. The van der Waals surface area contributed by atoms with Gasteiger partial charge in [0.2, 0.25) is 5.89 Å². The molecule has 0 atom stereocenters. The molecule has 0 radical (unpaired) electrons. The van der Waals surface area contributed by atoms with Crippen molar-refractivity contribution in [2.75, 3.05) is 5.32 Å². The summed E-state index contributed by atoms with van der Waals surface area (Å²) in [6.07, 6.45) is 1.74. The second-order valence-corrected chi connectivity index (χ2v) is 4.79. The summed E-state index contributed by atoms with van der Waals surface area (Å²) in [5, 5.41) is 14.4. The molecule has 0 aliphatic rings. The Bertz CT molecular complexity index is 788. The fourth-order valence-electron chi connectivity index (χ4n) is 1.91. The van der Waals surface area contributed by atoms with Crippen molar-refractivity contribution in [1.29, 1.82) is 0 Å². The first-order valence-electron chi connectivity index (χ1n) is 6.91. The molecule has 1 amide bonds. The maximum Gasteiger partial charge on any atom is 0.322 e. The molecule has 0 fully saturated rings. The molecule has 0 unspecified atom stereocenters. The van der Waals surface area contributed by atoms with Crippen LogP contribution >= 0.6 is 0 Å². The highest BCUT2D eigenvalue weighted by molar-refractivity contribution is 6.01. The number of rotatable bonds is 4. The molecule has 3 rings (SSSR count). The second-order valence-electron chi connectivity index (χ2n) is 4.79. The lowest BCUT2D eigenvalue weighted by Gasteiger charge is -1.97. The fraction of sp³-hybridized carbons (Fsp3) is 0.200. The Morgan fingerprint density at radius 2 is 2.00 bits per heavy atom. The summed E-state index contributed by atoms with van der Waals surface area (Å²) in [5.74, 6) is -0.0271. The third-order valence-electron chi connectivity index (χ3n) is 3.14. The van der Waals surface area contributed by atoms with Crippen molar-refractivity contribution in [3.05, 3.63) is 47.8 Å². The van der Waals surface area contributed by atoms with E-state index in [0.29, 0.717) is 18.1 Å².